The number of hydrogen-bond donors (Lipinski definition) is 1. The number of nitrogens with two attached hydrogens (primary N) is 1. The van der Waals surface area contributed by atoms with Gasteiger partial charge < -0.3 is 10.5 Å². The topological polar surface area (TPSA) is 72.6 Å². The Morgan fingerprint density at radius 1 is 1.08 bits per heavy atom. The molecule has 0 bridgehead atoms. The average molecular weight is 360 g/mol. The quantitative estimate of drug-likeness (QED) is 0.858. The van der Waals surface area contributed by atoms with Crippen molar-refractivity contribution < 1.29 is 13.2 Å². The van der Waals surface area contributed by atoms with Crippen LogP contribution in [0.15, 0.2) is 53.4 Å². The summed E-state index contributed by atoms with van der Waals surface area (Å²) in [6, 6.07) is 13.9. The zero-order valence-corrected chi connectivity index (χ0v) is 15.2. The lowest BCUT2D eigenvalue weighted by Gasteiger charge is -2.22. The molecule has 0 spiro atoms. The maximum Gasteiger partial charge on any atom is 0.264 e. The summed E-state index contributed by atoms with van der Waals surface area (Å²) in [4.78, 5) is 0.237. The fraction of sp³-hybridized carbons (Fsp3) is 0.368. The lowest BCUT2D eigenvalue weighted by atomic mass is 10.2. The van der Waals surface area contributed by atoms with Crippen molar-refractivity contribution in [1.82, 2.24) is 0 Å². The molecule has 0 radical (unpaired) electrons. The van der Waals surface area contributed by atoms with E-state index in [0.717, 1.165) is 24.2 Å². The van der Waals surface area contributed by atoms with Gasteiger partial charge in [-0.25, -0.2) is 8.42 Å². The summed E-state index contributed by atoms with van der Waals surface area (Å²) in [5.41, 5.74) is 7.11. The van der Waals surface area contributed by atoms with Gasteiger partial charge in [-0.05, 0) is 61.6 Å². The first kappa shape index (κ1) is 17.8. The fourth-order valence-electron chi connectivity index (χ4n) is 3.17. The van der Waals surface area contributed by atoms with Crippen LogP contribution in [-0.2, 0) is 16.6 Å². The van der Waals surface area contributed by atoms with Crippen LogP contribution in [0.2, 0.25) is 0 Å². The molecule has 0 aromatic heterocycles. The molecule has 1 fully saturated rings. The van der Waals surface area contributed by atoms with Gasteiger partial charge in [0.1, 0.15) is 5.75 Å². The van der Waals surface area contributed by atoms with Gasteiger partial charge in [-0.3, -0.25) is 4.31 Å². The van der Waals surface area contributed by atoms with Crippen molar-refractivity contribution in [2.75, 3.05) is 11.4 Å². The van der Waals surface area contributed by atoms with Gasteiger partial charge in [0.05, 0.1) is 16.7 Å². The highest BCUT2D eigenvalue weighted by atomic mass is 32.2. The molecule has 0 unspecified atom stereocenters. The summed E-state index contributed by atoms with van der Waals surface area (Å²) in [6.45, 7) is 0.282. The Labute approximate surface area is 149 Å². The third kappa shape index (κ3) is 3.80. The third-order valence-corrected chi connectivity index (χ3v) is 6.42. The first-order valence-corrected chi connectivity index (χ1v) is 10.00. The summed E-state index contributed by atoms with van der Waals surface area (Å²) >= 11 is 0. The van der Waals surface area contributed by atoms with Crippen LogP contribution in [0.3, 0.4) is 0 Å². The number of hydrogen-bond acceptors (Lipinski definition) is 4. The maximum absolute atomic E-state index is 12.9. The van der Waals surface area contributed by atoms with Crippen LogP contribution in [0.25, 0.3) is 0 Å². The summed E-state index contributed by atoms with van der Waals surface area (Å²) in [6.07, 6.45) is 4.78. The van der Waals surface area contributed by atoms with E-state index in [4.69, 9.17) is 10.5 Å². The molecule has 2 aromatic carbocycles. The number of ether oxygens (including phenoxy) is 1. The molecule has 1 saturated carbocycles. The van der Waals surface area contributed by atoms with Crippen LogP contribution in [0.1, 0.15) is 31.2 Å². The molecule has 0 atom stereocenters. The minimum atomic E-state index is -3.65. The first-order chi connectivity index (χ1) is 12.0. The first-order valence-electron chi connectivity index (χ1n) is 8.56. The molecule has 1 aliphatic carbocycles. The second kappa shape index (κ2) is 7.45. The summed E-state index contributed by atoms with van der Waals surface area (Å²) in [7, 11) is -2.10. The third-order valence-electron chi connectivity index (χ3n) is 4.64. The largest absolute Gasteiger partial charge is 0.490 e. The van der Waals surface area contributed by atoms with E-state index in [9.17, 15) is 8.42 Å². The smallest absolute Gasteiger partial charge is 0.264 e. The van der Waals surface area contributed by atoms with Crippen molar-refractivity contribution in [2.24, 2.45) is 5.73 Å². The second-order valence-electron chi connectivity index (χ2n) is 6.30. The standard InChI is InChI=1S/C19H24N2O3S/c1-21(19-9-5-2-6-15(19)14-20)25(22,23)18-12-10-17(11-13-18)24-16-7-3-4-8-16/h2,5-6,9-13,16H,3-4,7-8,14,20H2,1H3. The van der Waals surface area contributed by atoms with E-state index in [0.29, 0.717) is 5.69 Å². The van der Waals surface area contributed by atoms with Crippen molar-refractivity contribution >= 4 is 15.7 Å². The van der Waals surface area contributed by atoms with Gasteiger partial charge in [0.25, 0.3) is 10.0 Å². The zero-order valence-electron chi connectivity index (χ0n) is 14.4. The Balaban J connectivity index is 1.81. The highest BCUT2D eigenvalue weighted by Gasteiger charge is 2.23. The number of para-hydroxylation sites is 1. The van der Waals surface area contributed by atoms with Crippen molar-refractivity contribution in [3.8, 4) is 5.75 Å². The minimum absolute atomic E-state index is 0.237. The van der Waals surface area contributed by atoms with Gasteiger partial charge in [0.2, 0.25) is 0 Å². The number of sulfonamides is 1. The predicted octanol–water partition coefficient (Wildman–Crippen LogP) is 3.29. The van der Waals surface area contributed by atoms with Crippen molar-refractivity contribution in [3.63, 3.8) is 0 Å². The van der Waals surface area contributed by atoms with Gasteiger partial charge in [-0.2, -0.15) is 0 Å². The maximum atomic E-state index is 12.9. The van der Waals surface area contributed by atoms with Crippen LogP contribution >= 0.6 is 0 Å². The van der Waals surface area contributed by atoms with E-state index >= 15 is 0 Å². The van der Waals surface area contributed by atoms with Crippen molar-refractivity contribution in [1.29, 1.82) is 0 Å². The Hall–Kier alpha value is -2.05. The van der Waals surface area contributed by atoms with E-state index in [1.54, 1.807) is 43.4 Å². The van der Waals surface area contributed by atoms with Gasteiger partial charge in [-0.15, -0.1) is 0 Å². The normalized spacial score (nSPS) is 15.3. The summed E-state index contributed by atoms with van der Waals surface area (Å²) in [5, 5.41) is 0. The zero-order chi connectivity index (χ0) is 17.9. The molecule has 2 aromatic rings. The van der Waals surface area contributed by atoms with E-state index in [-0.39, 0.29) is 17.5 Å². The van der Waals surface area contributed by atoms with Crippen molar-refractivity contribution in [2.45, 2.75) is 43.2 Å². The van der Waals surface area contributed by atoms with Crippen LogP contribution in [0, 0.1) is 0 Å². The lowest BCUT2D eigenvalue weighted by molar-refractivity contribution is 0.210. The van der Waals surface area contributed by atoms with Gasteiger partial charge in [-0.1, -0.05) is 18.2 Å². The number of nitrogens with zero attached hydrogens (tertiary/aromatic N) is 1. The molecule has 0 heterocycles. The SMILES string of the molecule is CN(c1ccccc1CN)S(=O)(=O)c1ccc(OC2CCCC2)cc1. The highest BCUT2D eigenvalue weighted by Crippen LogP contribution is 2.28. The van der Waals surface area contributed by atoms with Gasteiger partial charge >= 0.3 is 0 Å². The van der Waals surface area contributed by atoms with Gasteiger partial charge in [0, 0.05) is 13.6 Å². The molecule has 6 heteroatoms. The fourth-order valence-corrected chi connectivity index (χ4v) is 4.40. The Bertz CT molecular complexity index is 813. The molecule has 25 heavy (non-hydrogen) atoms. The van der Waals surface area contributed by atoms with Crippen molar-refractivity contribution in [3.05, 3.63) is 54.1 Å². The Morgan fingerprint density at radius 3 is 2.36 bits per heavy atom. The van der Waals surface area contributed by atoms with Crippen LogP contribution in [-0.4, -0.2) is 21.6 Å². The molecule has 0 amide bonds. The van der Waals surface area contributed by atoms with Crippen LogP contribution < -0.4 is 14.8 Å². The van der Waals surface area contributed by atoms with E-state index in [1.165, 1.54) is 17.1 Å². The molecule has 2 N–H and O–H groups in total. The Morgan fingerprint density at radius 2 is 1.72 bits per heavy atom. The minimum Gasteiger partial charge on any atom is -0.490 e. The van der Waals surface area contributed by atoms with E-state index < -0.39 is 10.0 Å². The summed E-state index contributed by atoms with van der Waals surface area (Å²) in [5.74, 6) is 0.718. The van der Waals surface area contributed by atoms with Gasteiger partial charge in [0.15, 0.2) is 0 Å². The highest BCUT2D eigenvalue weighted by molar-refractivity contribution is 7.92. The number of anilines is 1. The predicted molar refractivity (Wildman–Crippen MR) is 99.2 cm³/mol. The molecule has 134 valence electrons. The van der Waals surface area contributed by atoms with Crippen LogP contribution in [0.4, 0.5) is 5.69 Å². The lowest BCUT2D eigenvalue weighted by Crippen LogP contribution is -2.27. The Kier molecular flexibility index (Phi) is 5.30. The van der Waals surface area contributed by atoms with Crippen LogP contribution in [0.5, 0.6) is 5.75 Å². The molecule has 0 saturated heterocycles. The molecule has 5 nitrogen and oxygen atoms in total. The summed E-state index contributed by atoms with van der Waals surface area (Å²) < 4.78 is 33.0. The average Bonchev–Trinajstić information content (AvgIpc) is 3.14. The number of rotatable bonds is 6. The monoisotopic (exact) mass is 360 g/mol. The van der Waals surface area contributed by atoms with E-state index in [1.807, 2.05) is 12.1 Å². The molecule has 1 aliphatic rings. The molecule has 3 rings (SSSR count). The second-order valence-corrected chi connectivity index (χ2v) is 8.27. The van der Waals surface area contributed by atoms with E-state index in [2.05, 4.69) is 0 Å². The molecular weight excluding hydrogens is 336 g/mol. The molecular formula is C19H24N2O3S. The molecule has 0 aliphatic heterocycles. The number of benzene rings is 2.